The third kappa shape index (κ3) is 2.43. The van der Waals surface area contributed by atoms with E-state index in [1.54, 1.807) is 0 Å². The number of hydrogen-bond donors (Lipinski definition) is 0. The van der Waals surface area contributed by atoms with Gasteiger partial charge in [-0.05, 0) is 0 Å². The molecule has 0 aromatic heterocycles. The lowest BCUT2D eigenvalue weighted by atomic mass is 10.0. The average Bonchev–Trinajstić information content (AvgIpc) is 2.31. The summed E-state index contributed by atoms with van der Waals surface area (Å²) in [7, 11) is 0. The third-order valence-electron chi connectivity index (χ3n) is 2.39. The first-order valence-electron chi connectivity index (χ1n) is 4.77. The summed E-state index contributed by atoms with van der Waals surface area (Å²) in [6.45, 7) is 0. The van der Waals surface area contributed by atoms with Crippen LogP contribution >= 0.6 is 0 Å². The minimum absolute atomic E-state index is 3.13. The summed E-state index contributed by atoms with van der Waals surface area (Å²) in [5.41, 5.74) is 0. The van der Waals surface area contributed by atoms with E-state index in [4.69, 9.17) is 0 Å². The Morgan fingerprint density at radius 3 is 1.00 bits per heavy atom. The van der Waals surface area contributed by atoms with E-state index in [0.29, 0.717) is 0 Å². The first kappa shape index (κ1) is 19.1. The molecule has 1 rings (SSSR count). The Balaban J connectivity index is 3.85. The molecule has 16 heteroatoms. The predicted molar refractivity (Wildman–Crippen MR) is 40.6 cm³/mol. The van der Waals surface area contributed by atoms with Gasteiger partial charge in [-0.3, -0.25) is 9.59 Å². The van der Waals surface area contributed by atoms with Gasteiger partial charge in [-0.2, -0.15) is 26.3 Å². The summed E-state index contributed by atoms with van der Waals surface area (Å²) < 4.78 is 152. The van der Waals surface area contributed by atoms with Crippen LogP contribution in [0.3, 0.4) is 0 Å². The standard InChI is InChI=1S/C7F12N2O2/c8-3(9)1(22)20(6(14,15)16)21(7(17,18)19)2(23)4(10,11)5(3,12)13. The molecule has 0 N–H and O–H groups in total. The largest absolute Gasteiger partial charge is 0.506 e. The summed E-state index contributed by atoms with van der Waals surface area (Å²) in [5, 5.41) is -6.27. The summed E-state index contributed by atoms with van der Waals surface area (Å²) >= 11 is 0. The van der Waals surface area contributed by atoms with Crippen LogP contribution in [0.25, 0.3) is 0 Å². The Labute approximate surface area is 116 Å². The number of nitrogens with zero attached hydrogens (tertiary/aromatic N) is 2. The Hall–Kier alpha value is -1.90. The summed E-state index contributed by atoms with van der Waals surface area (Å²) in [6, 6.07) is 0. The van der Waals surface area contributed by atoms with Crippen molar-refractivity contribution in [1.29, 1.82) is 0 Å². The van der Waals surface area contributed by atoms with Crippen molar-refractivity contribution >= 4 is 11.8 Å². The molecule has 0 saturated carbocycles. The summed E-state index contributed by atoms with van der Waals surface area (Å²) in [5.74, 6) is -29.9. The highest BCUT2D eigenvalue weighted by molar-refractivity contribution is 5.95. The molecule has 2 amide bonds. The highest BCUT2D eigenvalue weighted by Gasteiger charge is 2.85. The molecule has 0 aromatic carbocycles. The summed E-state index contributed by atoms with van der Waals surface area (Å²) in [4.78, 5) is 21.5. The molecule has 1 heterocycles. The van der Waals surface area contributed by atoms with Gasteiger partial charge in [0.05, 0.1) is 0 Å². The zero-order valence-corrected chi connectivity index (χ0v) is 9.75. The van der Waals surface area contributed by atoms with Crippen LogP contribution in [0.2, 0.25) is 0 Å². The number of amides is 2. The number of rotatable bonds is 0. The average molecular weight is 372 g/mol. The lowest BCUT2D eigenvalue weighted by Crippen LogP contribution is -2.63. The first-order valence-corrected chi connectivity index (χ1v) is 4.77. The molecule has 0 bridgehead atoms. The van der Waals surface area contributed by atoms with E-state index in [1.165, 1.54) is 0 Å². The van der Waals surface area contributed by atoms with Crippen molar-refractivity contribution in [3.63, 3.8) is 0 Å². The van der Waals surface area contributed by atoms with Crippen LogP contribution in [-0.2, 0) is 9.59 Å². The van der Waals surface area contributed by atoms with E-state index in [0.717, 1.165) is 0 Å². The number of carbonyl (C=O) groups is 2. The SMILES string of the molecule is O=C1N(C(F)(F)F)N(C(F)(F)F)C(=O)C(F)(F)C(F)(F)C1(F)F. The van der Waals surface area contributed by atoms with Gasteiger partial charge in [-0.1, -0.05) is 0 Å². The summed E-state index contributed by atoms with van der Waals surface area (Å²) in [6.07, 6.45) is -13.7. The maximum atomic E-state index is 13.0. The van der Waals surface area contributed by atoms with Crippen LogP contribution < -0.4 is 0 Å². The van der Waals surface area contributed by atoms with Gasteiger partial charge >= 0.3 is 42.2 Å². The number of halogens is 12. The maximum Gasteiger partial charge on any atom is 0.506 e. The number of hydrogen-bond acceptors (Lipinski definition) is 2. The van der Waals surface area contributed by atoms with Crippen molar-refractivity contribution in [3.8, 4) is 0 Å². The van der Waals surface area contributed by atoms with Gasteiger partial charge in [-0.15, -0.1) is 36.4 Å². The Kier molecular flexibility index (Phi) is 3.80. The molecule has 1 fully saturated rings. The van der Waals surface area contributed by atoms with Crippen molar-refractivity contribution in [2.24, 2.45) is 0 Å². The molecule has 134 valence electrons. The molecule has 4 nitrogen and oxygen atoms in total. The zero-order chi connectivity index (χ0) is 18.8. The fourth-order valence-corrected chi connectivity index (χ4v) is 1.37. The molecule has 0 radical (unpaired) electrons. The Morgan fingerprint density at radius 2 is 0.826 bits per heavy atom. The molecule has 23 heavy (non-hydrogen) atoms. The molecule has 0 spiro atoms. The van der Waals surface area contributed by atoms with Crippen LogP contribution in [0.4, 0.5) is 52.7 Å². The highest BCUT2D eigenvalue weighted by Crippen LogP contribution is 2.52. The van der Waals surface area contributed by atoms with E-state index in [1.807, 2.05) is 0 Å². The fraction of sp³-hybridized carbons (Fsp3) is 0.714. The molecule has 0 atom stereocenters. The van der Waals surface area contributed by atoms with Crippen molar-refractivity contribution in [1.82, 2.24) is 10.0 Å². The zero-order valence-electron chi connectivity index (χ0n) is 9.75. The van der Waals surface area contributed by atoms with Gasteiger partial charge in [0.1, 0.15) is 0 Å². The van der Waals surface area contributed by atoms with Crippen LogP contribution in [0, 0.1) is 0 Å². The number of alkyl halides is 12. The normalized spacial score (nSPS) is 24.7. The van der Waals surface area contributed by atoms with Gasteiger partial charge in [0.25, 0.3) is 0 Å². The Morgan fingerprint density at radius 1 is 0.609 bits per heavy atom. The van der Waals surface area contributed by atoms with E-state index >= 15 is 0 Å². The molecule has 0 aromatic rings. The fourth-order valence-electron chi connectivity index (χ4n) is 1.37. The first-order chi connectivity index (χ1) is 9.81. The Bertz CT molecular complexity index is 489. The van der Waals surface area contributed by atoms with E-state index < -0.39 is 52.2 Å². The van der Waals surface area contributed by atoms with Crippen LogP contribution in [0.1, 0.15) is 0 Å². The minimum atomic E-state index is -7.16. The second kappa shape index (κ2) is 4.56. The van der Waals surface area contributed by atoms with Gasteiger partial charge in [0.2, 0.25) is 0 Å². The second-order valence-electron chi connectivity index (χ2n) is 3.89. The van der Waals surface area contributed by atoms with Crippen LogP contribution in [-0.4, -0.2) is 52.2 Å². The topological polar surface area (TPSA) is 40.6 Å². The molecule has 1 aliphatic rings. The molecule has 0 unspecified atom stereocenters. The van der Waals surface area contributed by atoms with E-state index in [-0.39, 0.29) is 0 Å². The van der Waals surface area contributed by atoms with Gasteiger partial charge in [0, 0.05) is 0 Å². The van der Waals surface area contributed by atoms with Crippen LogP contribution in [0.15, 0.2) is 0 Å². The monoisotopic (exact) mass is 372 g/mol. The lowest BCUT2D eigenvalue weighted by Gasteiger charge is -2.34. The van der Waals surface area contributed by atoms with Crippen molar-refractivity contribution in [3.05, 3.63) is 0 Å². The minimum Gasteiger partial charge on any atom is -0.265 e. The quantitative estimate of drug-likeness (QED) is 0.485. The van der Waals surface area contributed by atoms with Crippen molar-refractivity contribution < 1.29 is 62.3 Å². The number of hydrazine groups is 1. The lowest BCUT2D eigenvalue weighted by molar-refractivity contribution is -0.373. The smallest absolute Gasteiger partial charge is 0.265 e. The second-order valence-corrected chi connectivity index (χ2v) is 3.89. The molecular formula is C7F12N2O2. The highest BCUT2D eigenvalue weighted by atomic mass is 19.4. The molecule has 1 saturated heterocycles. The van der Waals surface area contributed by atoms with Crippen molar-refractivity contribution in [2.75, 3.05) is 0 Å². The molecule has 1 aliphatic heterocycles. The predicted octanol–water partition coefficient (Wildman–Crippen LogP) is 2.52. The van der Waals surface area contributed by atoms with Gasteiger partial charge in [0.15, 0.2) is 0 Å². The molecule has 0 aliphatic carbocycles. The molecular weight excluding hydrogens is 372 g/mol. The third-order valence-corrected chi connectivity index (χ3v) is 2.39. The van der Waals surface area contributed by atoms with Crippen molar-refractivity contribution in [2.45, 2.75) is 30.4 Å². The van der Waals surface area contributed by atoms with E-state index in [9.17, 15) is 62.3 Å². The van der Waals surface area contributed by atoms with Gasteiger partial charge in [-0.25, -0.2) is 0 Å². The van der Waals surface area contributed by atoms with E-state index in [2.05, 4.69) is 0 Å². The van der Waals surface area contributed by atoms with Crippen LogP contribution in [0.5, 0.6) is 0 Å². The van der Waals surface area contributed by atoms with Gasteiger partial charge < -0.3 is 0 Å². The maximum absolute atomic E-state index is 13.0. The number of carbonyl (C=O) groups excluding carboxylic acids is 2.